The van der Waals surface area contributed by atoms with Gasteiger partial charge in [-0.05, 0) is 0 Å². The summed E-state index contributed by atoms with van der Waals surface area (Å²) in [6.45, 7) is 4.25. The molecular weight excluding hydrogens is 172 g/mol. The minimum Gasteiger partial charge on any atom is -0.394 e. The summed E-state index contributed by atoms with van der Waals surface area (Å²) in [4.78, 5) is 0. The fourth-order valence-corrected chi connectivity index (χ4v) is 2.03. The van der Waals surface area contributed by atoms with Gasteiger partial charge in [-0.25, -0.2) is 0 Å². The highest BCUT2D eigenvalue weighted by atomic mass is 16.6. The van der Waals surface area contributed by atoms with Gasteiger partial charge in [0.05, 0.1) is 25.4 Å². The molecule has 0 aliphatic carbocycles. The maximum Gasteiger partial charge on any atom is 0.108 e. The lowest BCUT2D eigenvalue weighted by Crippen LogP contribution is -2.30. The Balaban J connectivity index is 1.91. The Morgan fingerprint density at radius 1 is 1.00 bits per heavy atom. The van der Waals surface area contributed by atoms with Crippen LogP contribution < -0.4 is 0 Å². The summed E-state index contributed by atoms with van der Waals surface area (Å²) in [5.74, 6) is 0. The summed E-state index contributed by atoms with van der Waals surface area (Å²) >= 11 is 0. The first-order chi connectivity index (χ1) is 6.11. The van der Waals surface area contributed by atoms with Gasteiger partial charge in [-0.1, -0.05) is 13.8 Å². The van der Waals surface area contributed by atoms with Crippen LogP contribution in [0.5, 0.6) is 0 Å². The van der Waals surface area contributed by atoms with Crippen molar-refractivity contribution in [3.05, 3.63) is 0 Å². The van der Waals surface area contributed by atoms with Crippen LogP contribution in [0.3, 0.4) is 0 Å². The molecular formula is C9H16O4. The van der Waals surface area contributed by atoms with Crippen LogP contribution in [-0.2, 0) is 9.47 Å². The van der Waals surface area contributed by atoms with E-state index in [-0.39, 0.29) is 43.0 Å². The molecule has 0 spiro atoms. The molecule has 0 amide bonds. The highest BCUT2D eigenvalue weighted by Gasteiger charge is 2.60. The van der Waals surface area contributed by atoms with Crippen molar-refractivity contribution in [1.29, 1.82) is 0 Å². The minimum absolute atomic E-state index is 0.0291. The van der Waals surface area contributed by atoms with Crippen LogP contribution in [0.1, 0.15) is 13.8 Å². The van der Waals surface area contributed by atoms with Crippen LogP contribution in [0, 0.1) is 5.41 Å². The zero-order chi connectivity index (χ0) is 9.64. The molecule has 13 heavy (non-hydrogen) atoms. The fraction of sp³-hybridized carbons (Fsp3) is 1.00. The van der Waals surface area contributed by atoms with Gasteiger partial charge in [-0.3, -0.25) is 0 Å². The third-order valence-electron chi connectivity index (χ3n) is 2.99. The standard InChI is InChI=1S/C9H16O4/c1-9(2,7-5(3-10)12-7)8-6(4-11)13-8/h5-8,10-11H,3-4H2,1-2H3/t5-,6-,7+,8+/m1/s1. The van der Waals surface area contributed by atoms with Gasteiger partial charge in [0.25, 0.3) is 0 Å². The van der Waals surface area contributed by atoms with Gasteiger partial charge >= 0.3 is 0 Å². The molecule has 4 atom stereocenters. The largest absolute Gasteiger partial charge is 0.394 e. The number of aliphatic hydroxyl groups is 2. The average molecular weight is 188 g/mol. The Labute approximate surface area is 77.5 Å². The number of hydrogen-bond acceptors (Lipinski definition) is 4. The smallest absolute Gasteiger partial charge is 0.108 e. The van der Waals surface area contributed by atoms with Crippen LogP contribution in [0.15, 0.2) is 0 Å². The van der Waals surface area contributed by atoms with E-state index in [9.17, 15) is 0 Å². The first-order valence-corrected chi connectivity index (χ1v) is 4.64. The lowest BCUT2D eigenvalue weighted by Gasteiger charge is -2.19. The topological polar surface area (TPSA) is 65.5 Å². The number of ether oxygens (including phenoxy) is 2. The SMILES string of the molecule is CC(C)([C@H]1O[C@@H]1CO)[C@H]1O[C@@H]1CO. The van der Waals surface area contributed by atoms with Crippen molar-refractivity contribution < 1.29 is 19.7 Å². The van der Waals surface area contributed by atoms with E-state index < -0.39 is 0 Å². The van der Waals surface area contributed by atoms with Crippen molar-refractivity contribution in [2.75, 3.05) is 13.2 Å². The van der Waals surface area contributed by atoms with Crippen LogP contribution in [0.25, 0.3) is 0 Å². The highest BCUT2D eigenvalue weighted by molar-refractivity contribution is 5.06. The summed E-state index contributed by atoms with van der Waals surface area (Å²) in [6, 6.07) is 0. The van der Waals surface area contributed by atoms with E-state index in [2.05, 4.69) is 0 Å². The summed E-state index contributed by atoms with van der Waals surface area (Å²) in [7, 11) is 0. The molecule has 4 heteroatoms. The lowest BCUT2D eigenvalue weighted by molar-refractivity contribution is 0.177. The van der Waals surface area contributed by atoms with Gasteiger partial charge in [0.15, 0.2) is 0 Å². The van der Waals surface area contributed by atoms with Crippen LogP contribution >= 0.6 is 0 Å². The molecule has 2 rings (SSSR count). The molecule has 76 valence electrons. The zero-order valence-corrected chi connectivity index (χ0v) is 7.93. The van der Waals surface area contributed by atoms with E-state index in [0.717, 1.165) is 0 Å². The molecule has 0 aromatic rings. The van der Waals surface area contributed by atoms with E-state index >= 15 is 0 Å². The number of rotatable bonds is 4. The third-order valence-corrected chi connectivity index (χ3v) is 2.99. The molecule has 0 saturated carbocycles. The van der Waals surface area contributed by atoms with Crippen LogP contribution in [0.2, 0.25) is 0 Å². The normalized spacial score (nSPS) is 43.4. The Hall–Kier alpha value is -0.160. The fourth-order valence-electron chi connectivity index (χ4n) is 2.03. The summed E-state index contributed by atoms with van der Waals surface area (Å²) < 4.78 is 10.6. The second-order valence-electron chi connectivity index (χ2n) is 4.38. The van der Waals surface area contributed by atoms with Crippen molar-refractivity contribution in [3.63, 3.8) is 0 Å². The highest BCUT2D eigenvalue weighted by Crippen LogP contribution is 2.48. The van der Waals surface area contributed by atoms with Gasteiger partial charge in [0, 0.05) is 5.41 Å². The maximum absolute atomic E-state index is 8.85. The Morgan fingerprint density at radius 2 is 1.38 bits per heavy atom. The monoisotopic (exact) mass is 188 g/mol. The van der Waals surface area contributed by atoms with Crippen LogP contribution in [-0.4, -0.2) is 47.8 Å². The Bertz CT molecular complexity index is 184. The summed E-state index contributed by atoms with van der Waals surface area (Å²) in [6.07, 6.45) is 0.107. The quantitative estimate of drug-likeness (QED) is 0.585. The van der Waals surface area contributed by atoms with E-state index in [0.29, 0.717) is 0 Å². The van der Waals surface area contributed by atoms with Crippen molar-refractivity contribution >= 4 is 0 Å². The molecule has 2 aliphatic heterocycles. The van der Waals surface area contributed by atoms with E-state index in [1.54, 1.807) is 0 Å². The number of epoxide rings is 2. The second-order valence-corrected chi connectivity index (χ2v) is 4.38. The minimum atomic E-state index is -0.0964. The molecule has 0 aromatic carbocycles. The predicted molar refractivity (Wildman–Crippen MR) is 45.3 cm³/mol. The van der Waals surface area contributed by atoms with Gasteiger partial charge in [-0.2, -0.15) is 0 Å². The van der Waals surface area contributed by atoms with Gasteiger partial charge in [0.2, 0.25) is 0 Å². The van der Waals surface area contributed by atoms with E-state index in [1.165, 1.54) is 0 Å². The van der Waals surface area contributed by atoms with E-state index in [4.69, 9.17) is 19.7 Å². The molecule has 0 radical (unpaired) electrons. The molecule has 2 heterocycles. The van der Waals surface area contributed by atoms with Gasteiger partial charge in [0.1, 0.15) is 12.2 Å². The first kappa shape index (κ1) is 9.40. The predicted octanol–water partition coefficient (Wildman–Crippen LogP) is -0.468. The van der Waals surface area contributed by atoms with Crippen LogP contribution in [0.4, 0.5) is 0 Å². The Kier molecular flexibility index (Phi) is 2.11. The van der Waals surface area contributed by atoms with Gasteiger partial charge < -0.3 is 19.7 Å². The molecule has 0 unspecified atom stereocenters. The molecule has 2 aliphatic rings. The van der Waals surface area contributed by atoms with E-state index in [1.807, 2.05) is 13.8 Å². The van der Waals surface area contributed by atoms with Crippen molar-refractivity contribution in [2.45, 2.75) is 38.3 Å². The zero-order valence-electron chi connectivity index (χ0n) is 7.93. The molecule has 0 bridgehead atoms. The molecule has 0 aromatic heterocycles. The average Bonchev–Trinajstić information content (AvgIpc) is 2.98. The molecule has 2 N–H and O–H groups in total. The van der Waals surface area contributed by atoms with Crippen molar-refractivity contribution in [1.82, 2.24) is 0 Å². The van der Waals surface area contributed by atoms with Gasteiger partial charge in [-0.15, -0.1) is 0 Å². The van der Waals surface area contributed by atoms with Crippen molar-refractivity contribution in [2.24, 2.45) is 5.41 Å². The molecule has 2 saturated heterocycles. The molecule has 2 fully saturated rings. The number of aliphatic hydroxyl groups excluding tert-OH is 2. The first-order valence-electron chi connectivity index (χ1n) is 4.64. The molecule has 4 nitrogen and oxygen atoms in total. The number of hydrogen-bond donors (Lipinski definition) is 2. The van der Waals surface area contributed by atoms with Crippen molar-refractivity contribution in [3.8, 4) is 0 Å². The second kappa shape index (κ2) is 2.92. The summed E-state index contributed by atoms with van der Waals surface area (Å²) in [5.41, 5.74) is -0.0964. The Morgan fingerprint density at radius 3 is 1.62 bits per heavy atom. The third kappa shape index (κ3) is 1.48. The maximum atomic E-state index is 8.85. The summed E-state index contributed by atoms with van der Waals surface area (Å²) in [5, 5.41) is 17.7. The lowest BCUT2D eigenvalue weighted by atomic mass is 9.82.